The van der Waals surface area contributed by atoms with Crippen LogP contribution in [0.3, 0.4) is 0 Å². The van der Waals surface area contributed by atoms with Crippen molar-refractivity contribution in [2.24, 2.45) is 11.5 Å². The topological polar surface area (TPSA) is 107 Å². The molecule has 0 saturated heterocycles. The lowest BCUT2D eigenvalue weighted by Gasteiger charge is -2.27. The maximum absolute atomic E-state index is 6.56. The Morgan fingerprint density at radius 1 is 0.500 bits per heavy atom. The molecule has 2 aromatic carbocycles. The van der Waals surface area contributed by atoms with Crippen molar-refractivity contribution in [3.05, 3.63) is 35.4 Å². The lowest BCUT2D eigenvalue weighted by atomic mass is 9.92. The molecule has 0 saturated carbocycles. The van der Waals surface area contributed by atoms with Gasteiger partial charge in [-0.25, -0.2) is 0 Å². The van der Waals surface area contributed by atoms with E-state index in [1.807, 2.05) is 0 Å². The number of hydrogen-bond acceptors (Lipinski definition) is 8. The zero-order chi connectivity index (χ0) is 20.8. The fourth-order valence-electron chi connectivity index (χ4n) is 3.08. The Labute approximate surface area is 189 Å². The Bertz CT molecular complexity index is 704. The second-order valence-corrected chi connectivity index (χ2v) is 5.94. The van der Waals surface area contributed by atoms with Gasteiger partial charge in [-0.3, -0.25) is 0 Å². The van der Waals surface area contributed by atoms with E-state index < -0.39 is 12.1 Å². The zero-order valence-electron chi connectivity index (χ0n) is 17.9. The Balaban J connectivity index is 0.00000420. The summed E-state index contributed by atoms with van der Waals surface area (Å²) in [7, 11) is 9.31. The molecule has 4 N–H and O–H groups in total. The van der Waals surface area contributed by atoms with Gasteiger partial charge in [-0.15, -0.1) is 24.8 Å². The molecule has 0 aromatic heterocycles. The molecule has 0 unspecified atom stereocenters. The van der Waals surface area contributed by atoms with Gasteiger partial charge in [0, 0.05) is 24.3 Å². The summed E-state index contributed by atoms with van der Waals surface area (Å²) < 4.78 is 32.6. The van der Waals surface area contributed by atoms with E-state index >= 15 is 0 Å². The number of rotatable bonds is 9. The largest absolute Gasteiger partial charge is 0.496 e. The molecule has 0 heterocycles. The maximum Gasteiger partial charge on any atom is 0.131 e. The monoisotopic (exact) mass is 464 g/mol. The molecule has 0 aliphatic rings. The molecule has 2 aromatic rings. The predicted octanol–water partition coefficient (Wildman–Crippen LogP) is 3.28. The van der Waals surface area contributed by atoms with Crippen molar-refractivity contribution in [1.82, 2.24) is 0 Å². The summed E-state index contributed by atoms with van der Waals surface area (Å²) in [4.78, 5) is 0. The lowest BCUT2D eigenvalue weighted by molar-refractivity contribution is 0.347. The lowest BCUT2D eigenvalue weighted by Crippen LogP contribution is -2.28. The Morgan fingerprint density at radius 3 is 0.900 bits per heavy atom. The minimum atomic E-state index is -0.688. The van der Waals surface area contributed by atoms with Gasteiger partial charge in [0.15, 0.2) is 0 Å². The highest BCUT2D eigenvalue weighted by atomic mass is 35.5. The van der Waals surface area contributed by atoms with Crippen LogP contribution < -0.4 is 39.9 Å². The fraction of sp³-hybridized carbons (Fsp3) is 0.400. The van der Waals surface area contributed by atoms with Gasteiger partial charge in [0.25, 0.3) is 0 Å². The van der Waals surface area contributed by atoms with E-state index in [4.69, 9.17) is 39.9 Å². The van der Waals surface area contributed by atoms with Gasteiger partial charge in [0.2, 0.25) is 0 Å². The number of methoxy groups -OCH3 is 6. The highest BCUT2D eigenvalue weighted by Crippen LogP contribution is 2.45. The van der Waals surface area contributed by atoms with Gasteiger partial charge < -0.3 is 39.9 Å². The molecule has 0 spiro atoms. The Hall–Kier alpha value is -2.26. The zero-order valence-corrected chi connectivity index (χ0v) is 19.5. The van der Waals surface area contributed by atoms with Gasteiger partial charge in [0.05, 0.1) is 65.9 Å². The molecule has 2 atom stereocenters. The summed E-state index contributed by atoms with van der Waals surface area (Å²) in [6.45, 7) is 0. The number of halogens is 2. The van der Waals surface area contributed by atoms with Crippen molar-refractivity contribution in [1.29, 1.82) is 0 Å². The van der Waals surface area contributed by atoms with E-state index in [0.717, 1.165) is 0 Å². The van der Waals surface area contributed by atoms with Crippen LogP contribution in [0.5, 0.6) is 34.5 Å². The highest BCUT2D eigenvalue weighted by Gasteiger charge is 2.30. The second kappa shape index (κ2) is 12.4. The molecule has 0 radical (unpaired) electrons. The average molecular weight is 465 g/mol. The fourth-order valence-corrected chi connectivity index (χ4v) is 3.08. The molecule has 30 heavy (non-hydrogen) atoms. The number of nitrogens with two attached hydrogens (primary N) is 2. The minimum absolute atomic E-state index is 0. The SMILES string of the molecule is COc1cc(OC)c([C@H](N)[C@@H](N)c2c(OC)cc(OC)cc2OC)c(OC)c1.Cl.Cl. The van der Waals surface area contributed by atoms with Crippen LogP contribution in [0.2, 0.25) is 0 Å². The standard InChI is InChI=1S/C20H28N2O6.2ClH/c1-23-11-7-13(25-3)17(14(8-11)26-4)19(21)20(22)18-15(27-5)9-12(24-2)10-16(18)28-6;;/h7-10,19-20H,21-22H2,1-6H3;2*1H/t19-,20-;;/m0../s1. The van der Waals surface area contributed by atoms with Crippen molar-refractivity contribution in [3.63, 3.8) is 0 Å². The maximum atomic E-state index is 6.56. The number of hydrogen-bond donors (Lipinski definition) is 2. The van der Waals surface area contributed by atoms with Gasteiger partial charge in [-0.2, -0.15) is 0 Å². The third-order valence-electron chi connectivity index (χ3n) is 4.56. The minimum Gasteiger partial charge on any atom is -0.496 e. The van der Waals surface area contributed by atoms with E-state index in [-0.39, 0.29) is 24.8 Å². The van der Waals surface area contributed by atoms with E-state index in [9.17, 15) is 0 Å². The average Bonchev–Trinajstić information content (AvgIpc) is 2.75. The van der Waals surface area contributed by atoms with Crippen LogP contribution in [0.1, 0.15) is 23.2 Å². The van der Waals surface area contributed by atoms with Crippen molar-refractivity contribution in [3.8, 4) is 34.5 Å². The van der Waals surface area contributed by atoms with Crippen LogP contribution in [0, 0.1) is 0 Å². The Morgan fingerprint density at radius 2 is 0.733 bits per heavy atom. The number of benzene rings is 2. The molecule has 10 heteroatoms. The predicted molar refractivity (Wildman–Crippen MR) is 121 cm³/mol. The quantitative estimate of drug-likeness (QED) is 0.581. The summed E-state index contributed by atoms with van der Waals surface area (Å²) in [5, 5.41) is 0. The second-order valence-electron chi connectivity index (χ2n) is 5.94. The van der Waals surface area contributed by atoms with Crippen LogP contribution in [0.25, 0.3) is 0 Å². The highest BCUT2D eigenvalue weighted by molar-refractivity contribution is 5.85. The first kappa shape index (κ1) is 27.7. The molecular formula is C20H30Cl2N2O6. The van der Waals surface area contributed by atoms with E-state index in [1.54, 1.807) is 66.9 Å². The molecule has 170 valence electrons. The first-order valence-corrected chi connectivity index (χ1v) is 8.56. The van der Waals surface area contributed by atoms with Crippen LogP contribution >= 0.6 is 24.8 Å². The van der Waals surface area contributed by atoms with Gasteiger partial charge in [0.1, 0.15) is 34.5 Å². The molecular weight excluding hydrogens is 435 g/mol. The summed E-state index contributed by atoms with van der Waals surface area (Å²) >= 11 is 0. The normalized spacial score (nSPS) is 11.9. The first-order valence-electron chi connectivity index (χ1n) is 8.56. The summed E-state index contributed by atoms with van der Waals surface area (Å²) in [6, 6.07) is 5.54. The molecule has 0 fully saturated rings. The molecule has 0 aliphatic carbocycles. The molecule has 8 nitrogen and oxygen atoms in total. The number of ether oxygens (including phenoxy) is 6. The van der Waals surface area contributed by atoms with Gasteiger partial charge in [-0.05, 0) is 0 Å². The molecule has 2 rings (SSSR count). The van der Waals surface area contributed by atoms with Crippen molar-refractivity contribution in [2.45, 2.75) is 12.1 Å². The summed E-state index contributed by atoms with van der Waals surface area (Å²) in [5.41, 5.74) is 14.3. The van der Waals surface area contributed by atoms with Crippen LogP contribution in [-0.4, -0.2) is 42.7 Å². The van der Waals surface area contributed by atoms with Crippen LogP contribution in [0.4, 0.5) is 0 Å². The van der Waals surface area contributed by atoms with Crippen molar-refractivity contribution >= 4 is 24.8 Å². The van der Waals surface area contributed by atoms with Crippen molar-refractivity contribution < 1.29 is 28.4 Å². The summed E-state index contributed by atoms with van der Waals surface area (Å²) in [5.74, 6) is 3.18. The van der Waals surface area contributed by atoms with Gasteiger partial charge >= 0.3 is 0 Å². The molecule has 0 bridgehead atoms. The molecule has 0 aliphatic heterocycles. The smallest absolute Gasteiger partial charge is 0.131 e. The van der Waals surface area contributed by atoms with Crippen LogP contribution in [0.15, 0.2) is 24.3 Å². The summed E-state index contributed by atoms with van der Waals surface area (Å²) in [6.07, 6.45) is 0. The Kier molecular flexibility index (Phi) is 11.5. The first-order chi connectivity index (χ1) is 13.4. The third kappa shape index (κ3) is 5.46. The third-order valence-corrected chi connectivity index (χ3v) is 4.56. The van der Waals surface area contributed by atoms with E-state index in [1.165, 1.54) is 0 Å². The van der Waals surface area contributed by atoms with E-state index in [2.05, 4.69) is 0 Å². The van der Waals surface area contributed by atoms with E-state index in [0.29, 0.717) is 45.6 Å². The van der Waals surface area contributed by atoms with Crippen LogP contribution in [-0.2, 0) is 0 Å². The van der Waals surface area contributed by atoms with Gasteiger partial charge in [-0.1, -0.05) is 0 Å². The van der Waals surface area contributed by atoms with Crippen molar-refractivity contribution in [2.75, 3.05) is 42.7 Å². The molecule has 0 amide bonds.